The lowest BCUT2D eigenvalue weighted by Crippen LogP contribution is -2.60. The number of fused-ring (bicyclic) bond motifs is 1. The summed E-state index contributed by atoms with van der Waals surface area (Å²) in [6.45, 7) is 1.03. The number of nitrogens with two attached hydrogens (primary N) is 5. The molecule has 7 unspecified atom stereocenters. The second kappa shape index (κ2) is 29.9. The van der Waals surface area contributed by atoms with E-state index in [1.807, 2.05) is 18.2 Å². The Morgan fingerprint density at radius 3 is 1.95 bits per heavy atom. The SMILES string of the molecule is CC(=O)NC(CCCN=C(N)N)C(=O)NC1CCNC(=O)CCCC(C(=O)O)NC(=O)C(Cc2c[nH]c3ccccc23)NC(=O)C(CCCN=C(N)N)NC(=O)C(Cc2ccccc2)NC(=O)C(CCN)NC1=O. The van der Waals surface area contributed by atoms with Crippen molar-refractivity contribution in [1.82, 2.24) is 47.5 Å². The number of amides is 8. The van der Waals surface area contributed by atoms with Crippen molar-refractivity contribution >= 4 is 76.0 Å². The average molecular weight is 1030 g/mol. The number of carboxylic acids is 1. The number of hydrogen-bond acceptors (Lipinski definition) is 12. The fraction of sp³-hybridized carbons (Fsp3) is 0.479. The van der Waals surface area contributed by atoms with Crippen LogP contribution in [0.1, 0.15) is 75.8 Å². The molecule has 7 atom stereocenters. The Bertz CT molecular complexity index is 2480. The summed E-state index contributed by atoms with van der Waals surface area (Å²) in [7, 11) is 0. The first kappa shape index (κ1) is 58.3. The van der Waals surface area contributed by atoms with Crippen molar-refractivity contribution in [2.45, 2.75) is 120 Å². The van der Waals surface area contributed by atoms with Gasteiger partial charge in [0.15, 0.2) is 11.9 Å². The Kier molecular flexibility index (Phi) is 23.6. The lowest BCUT2D eigenvalue weighted by atomic mass is 10.0. The monoisotopic (exact) mass is 1030 g/mol. The van der Waals surface area contributed by atoms with Gasteiger partial charge in [0.1, 0.15) is 42.3 Å². The predicted octanol–water partition coefficient (Wildman–Crippen LogP) is -3.40. The number of aromatic nitrogens is 1. The van der Waals surface area contributed by atoms with Gasteiger partial charge < -0.3 is 81.3 Å². The fourth-order valence-corrected chi connectivity index (χ4v) is 8.09. The molecular formula is C48H70N16O10. The number of aliphatic imine (C=N–C) groups is 2. The third kappa shape index (κ3) is 19.7. The van der Waals surface area contributed by atoms with Crippen LogP contribution in [-0.2, 0) is 56.0 Å². The van der Waals surface area contributed by atoms with Crippen LogP contribution in [0.3, 0.4) is 0 Å². The van der Waals surface area contributed by atoms with Crippen LogP contribution < -0.4 is 71.2 Å². The Morgan fingerprint density at radius 2 is 1.30 bits per heavy atom. The van der Waals surface area contributed by atoms with Gasteiger partial charge in [0, 0.05) is 62.9 Å². The lowest BCUT2D eigenvalue weighted by molar-refractivity contribution is -0.142. The molecule has 1 aromatic heterocycles. The molecule has 20 N–H and O–H groups in total. The van der Waals surface area contributed by atoms with Gasteiger partial charge in [-0.05, 0) is 75.1 Å². The van der Waals surface area contributed by atoms with Crippen molar-refractivity contribution in [3.63, 3.8) is 0 Å². The molecule has 0 radical (unpaired) electrons. The van der Waals surface area contributed by atoms with Crippen LogP contribution in [0.5, 0.6) is 0 Å². The number of carbonyl (C=O) groups is 9. The molecule has 1 aliphatic rings. The highest BCUT2D eigenvalue weighted by molar-refractivity contribution is 5.98. The molecule has 1 aliphatic heterocycles. The highest BCUT2D eigenvalue weighted by Crippen LogP contribution is 2.20. The molecule has 1 saturated heterocycles. The molecule has 0 aliphatic carbocycles. The zero-order chi connectivity index (χ0) is 54.2. The summed E-state index contributed by atoms with van der Waals surface area (Å²) in [5, 5.41) is 32.0. The van der Waals surface area contributed by atoms with E-state index in [1.54, 1.807) is 42.6 Å². The van der Waals surface area contributed by atoms with Crippen LogP contribution in [0.4, 0.5) is 0 Å². The topological polar surface area (TPSA) is 441 Å². The van der Waals surface area contributed by atoms with Crippen molar-refractivity contribution in [3.05, 3.63) is 71.9 Å². The summed E-state index contributed by atoms with van der Waals surface area (Å²) in [6, 6.07) is 6.12. The second-order valence-electron chi connectivity index (χ2n) is 17.7. The van der Waals surface area contributed by atoms with Crippen LogP contribution in [0, 0.1) is 0 Å². The largest absolute Gasteiger partial charge is 0.480 e. The average Bonchev–Trinajstić information content (AvgIpc) is 3.76. The van der Waals surface area contributed by atoms with E-state index in [9.17, 15) is 48.3 Å². The smallest absolute Gasteiger partial charge is 0.326 e. The molecule has 26 heteroatoms. The standard InChI is InChI=1S/C48H70N16O10/c1-27(65)58-32(15-8-21-55-47(50)51)40(67)61-35-19-23-54-39(66)17-7-14-36(46(73)74)62-45(72)38(25-29-26-57-31-13-6-5-12-30(29)31)64-41(68)33(16-9-22-56-48(52)53)59-44(71)37(24-28-10-3-2-4-11-28)63-42(69)34(18-20-49)60-43(35)70/h2-6,10-13,26,32-38,57H,7-9,14-25,49H2,1H3,(H,54,66)(H,58,65)(H,59,71)(H,60,70)(H,61,67)(H,62,72)(H,63,69)(H,64,68)(H,73,74)(H4,50,51,55)(H4,52,53,56). The summed E-state index contributed by atoms with van der Waals surface area (Å²) in [4.78, 5) is 134. The predicted molar refractivity (Wildman–Crippen MR) is 274 cm³/mol. The molecular weight excluding hydrogens is 961 g/mol. The molecule has 2 aromatic carbocycles. The van der Waals surface area contributed by atoms with Gasteiger partial charge in [-0.2, -0.15) is 0 Å². The first-order valence-electron chi connectivity index (χ1n) is 24.3. The zero-order valence-corrected chi connectivity index (χ0v) is 41.3. The van der Waals surface area contributed by atoms with Crippen LogP contribution in [0.25, 0.3) is 10.9 Å². The number of nitrogens with one attached hydrogen (secondary N) is 9. The normalized spacial score (nSPS) is 21.2. The van der Waals surface area contributed by atoms with Crippen molar-refractivity contribution in [1.29, 1.82) is 0 Å². The lowest BCUT2D eigenvalue weighted by Gasteiger charge is -2.28. The Hall–Kier alpha value is -8.29. The number of guanidine groups is 2. The van der Waals surface area contributed by atoms with Crippen molar-refractivity contribution in [3.8, 4) is 0 Å². The van der Waals surface area contributed by atoms with E-state index in [0.717, 1.165) is 10.9 Å². The maximum atomic E-state index is 14.5. The number of rotatable bonds is 18. The first-order valence-corrected chi connectivity index (χ1v) is 24.3. The minimum absolute atomic E-state index is 0.0363. The summed E-state index contributed by atoms with van der Waals surface area (Å²) in [5.41, 5.74) is 29.8. The van der Waals surface area contributed by atoms with Crippen LogP contribution >= 0.6 is 0 Å². The number of aromatic amines is 1. The quantitative estimate of drug-likeness (QED) is 0.0336. The van der Waals surface area contributed by atoms with Crippen molar-refractivity contribution < 1.29 is 48.3 Å². The summed E-state index contributed by atoms with van der Waals surface area (Å²) in [5.74, 6) is -7.99. The van der Waals surface area contributed by atoms with E-state index in [2.05, 4.69) is 57.5 Å². The van der Waals surface area contributed by atoms with Crippen LogP contribution in [0.2, 0.25) is 0 Å². The molecule has 2 heterocycles. The number of benzene rings is 2. The highest BCUT2D eigenvalue weighted by atomic mass is 16.4. The molecule has 4 rings (SSSR count). The van der Waals surface area contributed by atoms with E-state index in [0.29, 0.717) is 11.1 Å². The molecule has 0 spiro atoms. The molecule has 74 heavy (non-hydrogen) atoms. The van der Waals surface area contributed by atoms with Gasteiger partial charge in [-0.1, -0.05) is 48.5 Å². The van der Waals surface area contributed by atoms with Gasteiger partial charge in [0.25, 0.3) is 0 Å². The van der Waals surface area contributed by atoms with Crippen LogP contribution in [-0.4, -0.2) is 144 Å². The van der Waals surface area contributed by atoms with Gasteiger partial charge >= 0.3 is 5.97 Å². The maximum absolute atomic E-state index is 14.5. The van der Waals surface area contributed by atoms with E-state index in [4.69, 9.17) is 28.7 Å². The van der Waals surface area contributed by atoms with Gasteiger partial charge in [-0.25, -0.2) is 4.79 Å². The third-order valence-electron chi connectivity index (χ3n) is 11.9. The number of hydrogen-bond donors (Lipinski definition) is 15. The molecule has 8 amide bonds. The maximum Gasteiger partial charge on any atom is 0.326 e. The second-order valence-corrected chi connectivity index (χ2v) is 17.7. The Labute approximate surface area is 427 Å². The molecule has 0 saturated carbocycles. The fourth-order valence-electron chi connectivity index (χ4n) is 8.09. The van der Waals surface area contributed by atoms with Gasteiger partial charge in [0.2, 0.25) is 47.3 Å². The van der Waals surface area contributed by atoms with Gasteiger partial charge in [-0.15, -0.1) is 0 Å². The van der Waals surface area contributed by atoms with E-state index in [-0.39, 0.29) is 109 Å². The van der Waals surface area contributed by atoms with Crippen molar-refractivity contribution in [2.24, 2.45) is 38.7 Å². The molecule has 402 valence electrons. The third-order valence-corrected chi connectivity index (χ3v) is 11.9. The number of carboxylic acid groups (broad SMARTS) is 1. The number of para-hydroxylation sites is 1. The minimum Gasteiger partial charge on any atom is -0.480 e. The van der Waals surface area contributed by atoms with Crippen LogP contribution in [0.15, 0.2) is 70.8 Å². The Balaban J connectivity index is 1.75. The molecule has 1 fully saturated rings. The molecule has 0 bridgehead atoms. The summed E-state index contributed by atoms with van der Waals surface area (Å²) >= 11 is 0. The molecule has 3 aromatic rings. The number of carbonyl (C=O) groups excluding carboxylic acids is 8. The highest BCUT2D eigenvalue weighted by Gasteiger charge is 2.35. The number of aliphatic carboxylic acids is 1. The first-order chi connectivity index (χ1) is 35.3. The van der Waals surface area contributed by atoms with Gasteiger partial charge in [0.05, 0.1) is 0 Å². The minimum atomic E-state index is -1.52. The number of H-pyrrole nitrogens is 1. The number of nitrogens with zero attached hydrogens (tertiary/aromatic N) is 2. The summed E-state index contributed by atoms with van der Waals surface area (Å²) < 4.78 is 0. The molecule has 26 nitrogen and oxygen atoms in total. The van der Waals surface area contributed by atoms with Gasteiger partial charge in [-0.3, -0.25) is 48.3 Å². The van der Waals surface area contributed by atoms with Crippen molar-refractivity contribution in [2.75, 3.05) is 26.2 Å². The van der Waals surface area contributed by atoms with E-state index < -0.39 is 95.5 Å². The van der Waals surface area contributed by atoms with E-state index in [1.165, 1.54) is 6.92 Å². The van der Waals surface area contributed by atoms with E-state index >= 15 is 0 Å². The Morgan fingerprint density at radius 1 is 0.716 bits per heavy atom. The zero-order valence-electron chi connectivity index (χ0n) is 41.3. The summed E-state index contributed by atoms with van der Waals surface area (Å²) in [6.07, 6.45) is 0.924.